The summed E-state index contributed by atoms with van der Waals surface area (Å²) in [5.41, 5.74) is 0. The van der Waals surface area contributed by atoms with Crippen molar-refractivity contribution in [3.05, 3.63) is 0 Å². The first-order valence-electron chi connectivity index (χ1n) is 5.74. The molecule has 1 heterocycles. The van der Waals surface area contributed by atoms with Crippen molar-refractivity contribution in [3.8, 4) is 0 Å². The first-order chi connectivity index (χ1) is 7.67. The highest BCUT2D eigenvalue weighted by Crippen LogP contribution is 2.06. The van der Waals surface area contributed by atoms with Gasteiger partial charge in [0.05, 0.1) is 20.2 Å². The summed E-state index contributed by atoms with van der Waals surface area (Å²) in [4.78, 5) is 26.5. The fourth-order valence-electron chi connectivity index (χ4n) is 1.63. The number of carbonyl (C=O) groups excluding carboxylic acids is 2. The molecule has 0 bridgehead atoms. The van der Waals surface area contributed by atoms with E-state index in [2.05, 4.69) is 4.74 Å². The van der Waals surface area contributed by atoms with Crippen molar-refractivity contribution in [1.29, 1.82) is 0 Å². The minimum Gasteiger partial charge on any atom is -0.468 e. The molecule has 1 fully saturated rings. The largest absolute Gasteiger partial charge is 0.468 e. The molecule has 1 saturated heterocycles. The fourth-order valence-corrected chi connectivity index (χ4v) is 1.63. The molecule has 0 aromatic heterocycles. The van der Waals surface area contributed by atoms with E-state index in [1.165, 1.54) is 7.11 Å². The second-order valence-electron chi connectivity index (χ2n) is 4.02. The van der Waals surface area contributed by atoms with Crippen LogP contribution in [0.5, 0.6) is 0 Å². The molecule has 16 heavy (non-hydrogen) atoms. The zero-order chi connectivity index (χ0) is 12.0. The van der Waals surface area contributed by atoms with Crippen LogP contribution in [-0.4, -0.2) is 61.5 Å². The Labute approximate surface area is 96.3 Å². The highest BCUT2D eigenvalue weighted by Gasteiger charge is 2.22. The summed E-state index contributed by atoms with van der Waals surface area (Å²) in [7, 11) is 1.36. The van der Waals surface area contributed by atoms with Crippen LogP contribution in [0.1, 0.15) is 19.8 Å². The Morgan fingerprint density at radius 1 is 1.31 bits per heavy atom. The summed E-state index contributed by atoms with van der Waals surface area (Å²) in [5.74, 6) is -0.173. The zero-order valence-electron chi connectivity index (χ0n) is 10.1. The normalized spacial score (nSPS) is 14.8. The lowest BCUT2D eigenvalue weighted by molar-refractivity contribution is -0.143. The molecule has 0 aromatic rings. The molecular weight excluding hydrogens is 208 g/mol. The SMILES string of the molecule is CCCN(CC(=O)OC)CC(=O)N1CCC1. The van der Waals surface area contributed by atoms with Crippen LogP contribution in [-0.2, 0) is 14.3 Å². The van der Waals surface area contributed by atoms with Gasteiger partial charge in [-0.05, 0) is 19.4 Å². The number of amides is 1. The molecule has 0 saturated carbocycles. The summed E-state index contributed by atoms with van der Waals surface area (Å²) in [6.45, 7) is 5.01. The van der Waals surface area contributed by atoms with E-state index in [4.69, 9.17) is 0 Å². The van der Waals surface area contributed by atoms with Gasteiger partial charge in [0.25, 0.3) is 0 Å². The van der Waals surface area contributed by atoms with Crippen LogP contribution in [0.4, 0.5) is 0 Å². The van der Waals surface area contributed by atoms with Crippen LogP contribution in [0.15, 0.2) is 0 Å². The number of hydrogen-bond acceptors (Lipinski definition) is 4. The lowest BCUT2D eigenvalue weighted by Crippen LogP contribution is -2.48. The average molecular weight is 228 g/mol. The summed E-state index contributed by atoms with van der Waals surface area (Å²) >= 11 is 0. The van der Waals surface area contributed by atoms with Crippen LogP contribution < -0.4 is 0 Å². The predicted octanol–water partition coefficient (Wildman–Crippen LogP) is 0.104. The number of ether oxygens (including phenoxy) is 1. The summed E-state index contributed by atoms with van der Waals surface area (Å²) < 4.78 is 4.60. The number of hydrogen-bond donors (Lipinski definition) is 0. The van der Waals surface area contributed by atoms with Crippen molar-refractivity contribution in [2.45, 2.75) is 19.8 Å². The van der Waals surface area contributed by atoms with E-state index in [9.17, 15) is 9.59 Å². The third-order valence-electron chi connectivity index (χ3n) is 2.69. The van der Waals surface area contributed by atoms with E-state index in [0.29, 0.717) is 6.54 Å². The number of esters is 1. The first-order valence-corrected chi connectivity index (χ1v) is 5.74. The molecule has 0 N–H and O–H groups in total. The van der Waals surface area contributed by atoms with Gasteiger partial charge in [0.1, 0.15) is 0 Å². The fraction of sp³-hybridized carbons (Fsp3) is 0.818. The number of nitrogens with zero attached hydrogens (tertiary/aromatic N) is 2. The third kappa shape index (κ3) is 3.81. The Morgan fingerprint density at radius 2 is 2.00 bits per heavy atom. The van der Waals surface area contributed by atoms with Gasteiger partial charge in [-0.25, -0.2) is 0 Å². The molecule has 5 heteroatoms. The van der Waals surface area contributed by atoms with Gasteiger partial charge in [-0.15, -0.1) is 0 Å². The van der Waals surface area contributed by atoms with E-state index in [1.807, 2.05) is 16.7 Å². The molecule has 0 spiro atoms. The van der Waals surface area contributed by atoms with Gasteiger partial charge < -0.3 is 9.64 Å². The molecule has 1 aliphatic rings. The Hall–Kier alpha value is -1.10. The van der Waals surface area contributed by atoms with E-state index in [-0.39, 0.29) is 18.4 Å². The van der Waals surface area contributed by atoms with E-state index < -0.39 is 0 Å². The van der Waals surface area contributed by atoms with Crippen molar-refractivity contribution >= 4 is 11.9 Å². The summed E-state index contributed by atoms with van der Waals surface area (Å²) in [6.07, 6.45) is 2.01. The maximum absolute atomic E-state index is 11.7. The molecular formula is C11H20N2O3. The van der Waals surface area contributed by atoms with Gasteiger partial charge in [0.15, 0.2) is 0 Å². The number of rotatable bonds is 6. The minimum absolute atomic E-state index is 0.114. The van der Waals surface area contributed by atoms with E-state index in [1.54, 1.807) is 0 Å². The molecule has 92 valence electrons. The van der Waals surface area contributed by atoms with Crippen LogP contribution in [0.2, 0.25) is 0 Å². The molecule has 1 aliphatic heterocycles. The van der Waals surface area contributed by atoms with Crippen LogP contribution in [0.3, 0.4) is 0 Å². The average Bonchev–Trinajstić information content (AvgIpc) is 2.14. The smallest absolute Gasteiger partial charge is 0.319 e. The maximum Gasteiger partial charge on any atom is 0.319 e. The quantitative estimate of drug-likeness (QED) is 0.605. The highest BCUT2D eigenvalue weighted by molar-refractivity contribution is 5.80. The van der Waals surface area contributed by atoms with Crippen LogP contribution >= 0.6 is 0 Å². The summed E-state index contributed by atoms with van der Waals surface area (Å²) in [5, 5.41) is 0. The molecule has 0 aliphatic carbocycles. The molecule has 5 nitrogen and oxygen atoms in total. The van der Waals surface area contributed by atoms with E-state index in [0.717, 1.165) is 32.5 Å². The van der Waals surface area contributed by atoms with Gasteiger partial charge in [-0.1, -0.05) is 6.92 Å². The topological polar surface area (TPSA) is 49.9 Å². The third-order valence-corrected chi connectivity index (χ3v) is 2.69. The Kier molecular flexibility index (Phi) is 5.25. The molecule has 0 unspecified atom stereocenters. The molecule has 0 atom stereocenters. The van der Waals surface area contributed by atoms with Gasteiger partial charge in [-0.3, -0.25) is 14.5 Å². The van der Waals surface area contributed by atoms with Crippen molar-refractivity contribution in [2.75, 3.05) is 39.8 Å². The second-order valence-corrected chi connectivity index (χ2v) is 4.02. The molecule has 0 aromatic carbocycles. The Bertz CT molecular complexity index is 252. The van der Waals surface area contributed by atoms with Crippen molar-refractivity contribution in [1.82, 2.24) is 9.80 Å². The monoisotopic (exact) mass is 228 g/mol. The van der Waals surface area contributed by atoms with Gasteiger partial charge in [0, 0.05) is 13.1 Å². The standard InChI is InChI=1S/C11H20N2O3/c1-3-5-12(9-11(15)16-2)8-10(14)13-6-4-7-13/h3-9H2,1-2H3. The van der Waals surface area contributed by atoms with Gasteiger partial charge >= 0.3 is 5.97 Å². The van der Waals surface area contributed by atoms with Crippen molar-refractivity contribution in [2.24, 2.45) is 0 Å². The molecule has 1 rings (SSSR count). The Morgan fingerprint density at radius 3 is 2.44 bits per heavy atom. The number of methoxy groups -OCH3 is 1. The summed E-state index contributed by atoms with van der Waals surface area (Å²) in [6, 6.07) is 0. The first kappa shape index (κ1) is 13.0. The van der Waals surface area contributed by atoms with E-state index >= 15 is 0 Å². The number of likely N-dealkylation sites (tertiary alicyclic amines) is 1. The lowest BCUT2D eigenvalue weighted by atomic mass is 10.2. The molecule has 0 radical (unpaired) electrons. The van der Waals surface area contributed by atoms with Crippen LogP contribution in [0.25, 0.3) is 0 Å². The highest BCUT2D eigenvalue weighted by atomic mass is 16.5. The molecule has 1 amide bonds. The Balaban J connectivity index is 2.36. The predicted molar refractivity (Wildman–Crippen MR) is 59.9 cm³/mol. The second kappa shape index (κ2) is 6.48. The van der Waals surface area contributed by atoms with Crippen LogP contribution in [0, 0.1) is 0 Å². The number of carbonyl (C=O) groups is 2. The van der Waals surface area contributed by atoms with Gasteiger partial charge in [-0.2, -0.15) is 0 Å². The lowest BCUT2D eigenvalue weighted by Gasteiger charge is -2.33. The van der Waals surface area contributed by atoms with Crippen molar-refractivity contribution < 1.29 is 14.3 Å². The maximum atomic E-state index is 11.7. The van der Waals surface area contributed by atoms with Gasteiger partial charge in [0.2, 0.25) is 5.91 Å². The minimum atomic E-state index is -0.287. The zero-order valence-corrected chi connectivity index (χ0v) is 10.1. The van der Waals surface area contributed by atoms with Crippen molar-refractivity contribution in [3.63, 3.8) is 0 Å².